The van der Waals surface area contributed by atoms with Gasteiger partial charge < -0.3 is 10.1 Å². The number of pyridine rings is 1. The summed E-state index contributed by atoms with van der Waals surface area (Å²) in [7, 11) is 1.71. The van der Waals surface area contributed by atoms with E-state index >= 15 is 0 Å². The van der Waals surface area contributed by atoms with Crippen LogP contribution in [0.15, 0.2) is 41.0 Å². The number of hydrogen-bond acceptors (Lipinski definition) is 3. The molecule has 0 aliphatic rings. The van der Waals surface area contributed by atoms with Crippen LogP contribution in [-0.2, 0) is 17.9 Å². The zero-order valence-electron chi connectivity index (χ0n) is 11.1. The van der Waals surface area contributed by atoms with Gasteiger partial charge in [-0.2, -0.15) is 0 Å². The summed E-state index contributed by atoms with van der Waals surface area (Å²) in [6.07, 6.45) is 1.81. The summed E-state index contributed by atoms with van der Waals surface area (Å²) in [4.78, 5) is 4.34. The largest absolute Gasteiger partial charge is 0.380 e. The Morgan fingerprint density at radius 2 is 1.95 bits per heavy atom. The van der Waals surface area contributed by atoms with Crippen molar-refractivity contribution in [2.24, 2.45) is 0 Å². The molecule has 1 aromatic heterocycles. The van der Waals surface area contributed by atoms with E-state index in [9.17, 15) is 0 Å². The number of methoxy groups -OCH3 is 1. The van der Waals surface area contributed by atoms with Crippen molar-refractivity contribution in [2.75, 3.05) is 12.4 Å². The van der Waals surface area contributed by atoms with Crippen LogP contribution in [0.4, 0.5) is 5.82 Å². The summed E-state index contributed by atoms with van der Waals surface area (Å²) in [6, 6.07) is 10.2. The molecule has 0 fully saturated rings. The third-order valence-electron chi connectivity index (χ3n) is 2.95. The molecule has 2 rings (SSSR count). The summed E-state index contributed by atoms with van der Waals surface area (Å²) in [6.45, 7) is 3.41. The second kappa shape index (κ2) is 6.68. The van der Waals surface area contributed by atoms with Gasteiger partial charge in [0.25, 0.3) is 0 Å². The Hall–Kier alpha value is -1.39. The maximum Gasteiger partial charge on any atom is 0.140 e. The van der Waals surface area contributed by atoms with Crippen LogP contribution in [0.25, 0.3) is 0 Å². The van der Waals surface area contributed by atoms with Gasteiger partial charge in [-0.25, -0.2) is 4.98 Å². The number of aryl methyl sites for hydroxylation is 1. The highest BCUT2D eigenvalue weighted by molar-refractivity contribution is 9.10. The van der Waals surface area contributed by atoms with Crippen LogP contribution in [0.3, 0.4) is 0 Å². The summed E-state index contributed by atoms with van der Waals surface area (Å²) in [5.41, 5.74) is 3.59. The van der Waals surface area contributed by atoms with Gasteiger partial charge in [-0.05, 0) is 45.6 Å². The Labute approximate surface area is 122 Å². The van der Waals surface area contributed by atoms with Crippen molar-refractivity contribution < 1.29 is 4.74 Å². The van der Waals surface area contributed by atoms with E-state index in [4.69, 9.17) is 4.74 Å². The average molecular weight is 321 g/mol. The monoisotopic (exact) mass is 320 g/mol. The molecule has 0 aliphatic heterocycles. The smallest absolute Gasteiger partial charge is 0.140 e. The first-order valence-corrected chi connectivity index (χ1v) is 6.92. The molecule has 0 spiro atoms. The van der Waals surface area contributed by atoms with Crippen molar-refractivity contribution in [2.45, 2.75) is 20.1 Å². The average Bonchev–Trinajstić information content (AvgIpc) is 2.42. The number of nitrogens with zero attached hydrogens (tertiary/aromatic N) is 1. The van der Waals surface area contributed by atoms with Crippen molar-refractivity contribution >= 4 is 21.7 Å². The first kappa shape index (κ1) is 14.0. The maximum absolute atomic E-state index is 5.21. The molecule has 2 aromatic rings. The molecular weight excluding hydrogens is 304 g/mol. The zero-order valence-corrected chi connectivity index (χ0v) is 12.7. The Balaban J connectivity index is 2.12. The van der Waals surface area contributed by atoms with Gasteiger partial charge in [0, 0.05) is 19.9 Å². The third-order valence-corrected chi connectivity index (χ3v) is 3.95. The number of hydrogen-bond donors (Lipinski definition) is 1. The summed E-state index contributed by atoms with van der Waals surface area (Å²) in [5, 5.41) is 3.36. The highest BCUT2D eigenvalue weighted by Gasteiger charge is 2.05. The molecule has 0 atom stereocenters. The molecule has 4 heteroatoms. The molecule has 1 aromatic carbocycles. The van der Waals surface area contributed by atoms with Crippen LogP contribution >= 0.6 is 15.9 Å². The molecule has 0 amide bonds. The number of aromatic nitrogens is 1. The third kappa shape index (κ3) is 3.55. The summed E-state index contributed by atoms with van der Waals surface area (Å²) < 4.78 is 6.22. The topological polar surface area (TPSA) is 34.1 Å². The van der Waals surface area contributed by atoms with Crippen molar-refractivity contribution in [1.29, 1.82) is 0 Å². The quantitative estimate of drug-likeness (QED) is 0.906. The second-order valence-electron chi connectivity index (χ2n) is 4.35. The minimum absolute atomic E-state index is 0.625. The second-order valence-corrected chi connectivity index (χ2v) is 5.14. The molecular formula is C15H17BrN2O. The molecule has 100 valence electrons. The number of benzene rings is 1. The molecule has 1 N–H and O–H groups in total. The lowest BCUT2D eigenvalue weighted by atomic mass is 10.1. The van der Waals surface area contributed by atoms with Crippen LogP contribution in [-0.4, -0.2) is 12.1 Å². The molecule has 0 bridgehead atoms. The van der Waals surface area contributed by atoms with Gasteiger partial charge in [0.2, 0.25) is 0 Å². The Bertz CT molecular complexity index is 558. The molecule has 19 heavy (non-hydrogen) atoms. The lowest BCUT2D eigenvalue weighted by Crippen LogP contribution is -2.05. The van der Waals surface area contributed by atoms with E-state index in [1.165, 1.54) is 16.7 Å². The van der Waals surface area contributed by atoms with Crippen LogP contribution in [0.5, 0.6) is 0 Å². The van der Waals surface area contributed by atoms with Crippen LogP contribution < -0.4 is 5.32 Å². The van der Waals surface area contributed by atoms with Gasteiger partial charge >= 0.3 is 0 Å². The van der Waals surface area contributed by atoms with Crippen LogP contribution in [0.2, 0.25) is 0 Å². The van der Waals surface area contributed by atoms with Crippen molar-refractivity contribution in [3.8, 4) is 0 Å². The number of ether oxygens (including phenoxy) is 1. The van der Waals surface area contributed by atoms with Gasteiger partial charge in [-0.1, -0.05) is 24.3 Å². The highest BCUT2D eigenvalue weighted by atomic mass is 79.9. The Kier molecular flexibility index (Phi) is 4.93. The molecule has 0 aliphatic carbocycles. The maximum atomic E-state index is 5.21. The first-order valence-electron chi connectivity index (χ1n) is 6.13. The van der Waals surface area contributed by atoms with Gasteiger partial charge in [0.1, 0.15) is 5.82 Å². The fraction of sp³-hybridized carbons (Fsp3) is 0.267. The van der Waals surface area contributed by atoms with E-state index in [0.29, 0.717) is 6.61 Å². The van der Waals surface area contributed by atoms with Crippen molar-refractivity contribution in [3.63, 3.8) is 0 Å². The molecule has 0 radical (unpaired) electrons. The number of nitrogens with one attached hydrogen (secondary N) is 1. The molecule has 0 unspecified atom stereocenters. The lowest BCUT2D eigenvalue weighted by molar-refractivity contribution is 0.184. The number of anilines is 1. The summed E-state index contributed by atoms with van der Waals surface area (Å²) >= 11 is 3.55. The predicted molar refractivity (Wildman–Crippen MR) is 81.2 cm³/mol. The Morgan fingerprint density at radius 3 is 2.68 bits per heavy atom. The Morgan fingerprint density at radius 1 is 1.21 bits per heavy atom. The van der Waals surface area contributed by atoms with Crippen molar-refractivity contribution in [1.82, 2.24) is 4.98 Å². The molecule has 1 heterocycles. The SMILES string of the molecule is COCc1ccccc1CNc1nccc(C)c1Br. The fourth-order valence-corrected chi connectivity index (χ4v) is 2.24. The van der Waals surface area contributed by atoms with Crippen LogP contribution in [0, 0.1) is 6.92 Å². The van der Waals surface area contributed by atoms with Gasteiger partial charge in [0.15, 0.2) is 0 Å². The minimum Gasteiger partial charge on any atom is -0.380 e. The standard InChI is InChI=1S/C15H17BrN2O/c1-11-7-8-17-15(14(11)16)18-9-12-5-3-4-6-13(12)10-19-2/h3-8H,9-10H2,1-2H3,(H,17,18). The number of rotatable bonds is 5. The fourth-order valence-electron chi connectivity index (χ4n) is 1.87. The van der Waals surface area contributed by atoms with Crippen LogP contribution in [0.1, 0.15) is 16.7 Å². The zero-order chi connectivity index (χ0) is 13.7. The first-order chi connectivity index (χ1) is 9.22. The van der Waals surface area contributed by atoms with Gasteiger partial charge in [0.05, 0.1) is 11.1 Å². The number of halogens is 1. The van der Waals surface area contributed by atoms with E-state index in [0.717, 1.165) is 16.8 Å². The van der Waals surface area contributed by atoms with E-state index in [1.807, 2.05) is 24.4 Å². The van der Waals surface area contributed by atoms with E-state index in [-0.39, 0.29) is 0 Å². The lowest BCUT2D eigenvalue weighted by Gasteiger charge is -2.12. The van der Waals surface area contributed by atoms with Gasteiger partial charge in [-0.3, -0.25) is 0 Å². The molecule has 3 nitrogen and oxygen atoms in total. The molecule has 0 saturated carbocycles. The van der Waals surface area contributed by atoms with E-state index in [2.05, 4.69) is 45.3 Å². The van der Waals surface area contributed by atoms with Gasteiger partial charge in [-0.15, -0.1) is 0 Å². The molecule has 0 saturated heterocycles. The van der Waals surface area contributed by atoms with Crippen molar-refractivity contribution in [3.05, 3.63) is 57.7 Å². The van der Waals surface area contributed by atoms with E-state index in [1.54, 1.807) is 7.11 Å². The minimum atomic E-state index is 0.625. The normalized spacial score (nSPS) is 10.5. The predicted octanol–water partition coefficient (Wildman–Crippen LogP) is 3.91. The highest BCUT2D eigenvalue weighted by Crippen LogP contribution is 2.24. The van der Waals surface area contributed by atoms with E-state index < -0.39 is 0 Å². The summed E-state index contributed by atoms with van der Waals surface area (Å²) in [5.74, 6) is 0.868.